The van der Waals surface area contributed by atoms with Crippen LogP contribution in [0.15, 0.2) is 24.0 Å². The van der Waals surface area contributed by atoms with Crippen LogP contribution >= 0.6 is 0 Å². The predicted octanol–water partition coefficient (Wildman–Crippen LogP) is 1.75. The van der Waals surface area contributed by atoms with Gasteiger partial charge in [-0.05, 0) is 19.8 Å². The van der Waals surface area contributed by atoms with E-state index in [9.17, 15) is 0 Å². The van der Waals surface area contributed by atoms with E-state index in [2.05, 4.69) is 31.8 Å². The third-order valence-electron chi connectivity index (χ3n) is 1.55. The summed E-state index contributed by atoms with van der Waals surface area (Å²) < 4.78 is 0. The molecule has 0 aliphatic carbocycles. The van der Waals surface area contributed by atoms with E-state index in [0.717, 1.165) is 19.4 Å². The molecular formula is C9H18N2. The van der Waals surface area contributed by atoms with Crippen molar-refractivity contribution in [2.75, 3.05) is 6.54 Å². The highest BCUT2D eigenvalue weighted by atomic mass is 15.0. The number of allylic oxidation sites excluding steroid dienone is 1. The van der Waals surface area contributed by atoms with E-state index in [0.29, 0.717) is 5.82 Å². The first-order valence-corrected chi connectivity index (χ1v) is 4.00. The van der Waals surface area contributed by atoms with Gasteiger partial charge in [-0.15, -0.1) is 0 Å². The Kier molecular flexibility index (Phi) is 5.35. The van der Waals surface area contributed by atoms with Crippen molar-refractivity contribution in [1.29, 1.82) is 0 Å². The molecule has 64 valence electrons. The Balaban J connectivity index is 3.33. The van der Waals surface area contributed by atoms with Gasteiger partial charge in [0, 0.05) is 6.54 Å². The van der Waals surface area contributed by atoms with Gasteiger partial charge in [0.2, 0.25) is 0 Å². The second-order valence-corrected chi connectivity index (χ2v) is 2.64. The summed E-state index contributed by atoms with van der Waals surface area (Å²) in [6.07, 6.45) is 4.37. The van der Waals surface area contributed by atoms with Gasteiger partial charge in [-0.2, -0.15) is 0 Å². The van der Waals surface area contributed by atoms with E-state index in [4.69, 9.17) is 5.73 Å². The van der Waals surface area contributed by atoms with E-state index < -0.39 is 0 Å². The first-order chi connectivity index (χ1) is 5.16. The Morgan fingerprint density at radius 2 is 2.27 bits per heavy atom. The SMILES string of the molecule is C=C(N)NCC/C=C(/C)CC. The molecule has 0 aromatic heterocycles. The van der Waals surface area contributed by atoms with Crippen LogP contribution in [-0.4, -0.2) is 6.54 Å². The second-order valence-electron chi connectivity index (χ2n) is 2.64. The molecule has 0 unspecified atom stereocenters. The van der Waals surface area contributed by atoms with Crippen LogP contribution in [0.25, 0.3) is 0 Å². The maximum absolute atomic E-state index is 5.32. The molecular weight excluding hydrogens is 136 g/mol. The zero-order chi connectivity index (χ0) is 8.69. The van der Waals surface area contributed by atoms with Crippen molar-refractivity contribution in [3.63, 3.8) is 0 Å². The largest absolute Gasteiger partial charge is 0.386 e. The molecule has 0 spiro atoms. The van der Waals surface area contributed by atoms with Crippen LogP contribution in [0.2, 0.25) is 0 Å². The highest BCUT2D eigenvalue weighted by Crippen LogP contribution is 1.98. The molecule has 0 atom stereocenters. The van der Waals surface area contributed by atoms with E-state index in [1.807, 2.05) is 0 Å². The summed E-state index contributed by atoms with van der Waals surface area (Å²) >= 11 is 0. The molecule has 0 aromatic carbocycles. The number of hydrogen-bond acceptors (Lipinski definition) is 2. The van der Waals surface area contributed by atoms with Crippen LogP contribution in [0.1, 0.15) is 26.7 Å². The van der Waals surface area contributed by atoms with Crippen LogP contribution < -0.4 is 11.1 Å². The molecule has 0 saturated heterocycles. The van der Waals surface area contributed by atoms with E-state index in [1.54, 1.807) is 0 Å². The van der Waals surface area contributed by atoms with Gasteiger partial charge in [0.05, 0.1) is 5.82 Å². The van der Waals surface area contributed by atoms with Crippen molar-refractivity contribution in [3.05, 3.63) is 24.0 Å². The van der Waals surface area contributed by atoms with E-state index >= 15 is 0 Å². The van der Waals surface area contributed by atoms with Gasteiger partial charge in [0.15, 0.2) is 0 Å². The lowest BCUT2D eigenvalue weighted by molar-refractivity contribution is 0.791. The van der Waals surface area contributed by atoms with Gasteiger partial charge in [0.1, 0.15) is 0 Å². The maximum atomic E-state index is 5.32. The van der Waals surface area contributed by atoms with Gasteiger partial charge >= 0.3 is 0 Å². The highest BCUT2D eigenvalue weighted by molar-refractivity contribution is 4.97. The fourth-order valence-corrected chi connectivity index (χ4v) is 0.696. The maximum Gasteiger partial charge on any atom is 0.0885 e. The molecule has 2 nitrogen and oxygen atoms in total. The molecule has 0 bridgehead atoms. The topological polar surface area (TPSA) is 38.0 Å². The fraction of sp³-hybridized carbons (Fsp3) is 0.556. The summed E-state index contributed by atoms with van der Waals surface area (Å²) in [6.45, 7) is 8.71. The first kappa shape index (κ1) is 10.1. The molecule has 0 aliphatic heterocycles. The molecule has 0 heterocycles. The summed E-state index contributed by atoms with van der Waals surface area (Å²) in [4.78, 5) is 0. The number of hydrogen-bond donors (Lipinski definition) is 2. The highest BCUT2D eigenvalue weighted by Gasteiger charge is 1.85. The first-order valence-electron chi connectivity index (χ1n) is 4.00. The zero-order valence-electron chi connectivity index (χ0n) is 7.48. The second kappa shape index (κ2) is 5.83. The summed E-state index contributed by atoms with van der Waals surface area (Å²) in [5.41, 5.74) is 6.74. The van der Waals surface area contributed by atoms with E-state index in [-0.39, 0.29) is 0 Å². The Labute approximate surface area is 69.2 Å². The van der Waals surface area contributed by atoms with Crippen LogP contribution in [0.4, 0.5) is 0 Å². The molecule has 0 aliphatic rings. The molecule has 0 amide bonds. The third-order valence-corrected chi connectivity index (χ3v) is 1.55. The monoisotopic (exact) mass is 154 g/mol. The Morgan fingerprint density at radius 3 is 2.73 bits per heavy atom. The summed E-state index contributed by atoms with van der Waals surface area (Å²) in [5.74, 6) is 0.549. The molecule has 0 rings (SSSR count). The minimum atomic E-state index is 0.549. The average Bonchev–Trinajstić information content (AvgIpc) is 1.97. The average molecular weight is 154 g/mol. The predicted molar refractivity (Wildman–Crippen MR) is 50.0 cm³/mol. The van der Waals surface area contributed by atoms with Crippen molar-refractivity contribution >= 4 is 0 Å². The van der Waals surface area contributed by atoms with Crippen LogP contribution in [0.3, 0.4) is 0 Å². The summed E-state index contributed by atoms with van der Waals surface area (Å²) in [5, 5.41) is 2.96. The Morgan fingerprint density at radius 1 is 1.64 bits per heavy atom. The fourth-order valence-electron chi connectivity index (χ4n) is 0.696. The van der Waals surface area contributed by atoms with Crippen LogP contribution in [0, 0.1) is 0 Å². The lowest BCUT2D eigenvalue weighted by Crippen LogP contribution is -2.19. The Bertz CT molecular complexity index is 148. The van der Waals surface area contributed by atoms with Crippen molar-refractivity contribution in [2.24, 2.45) is 5.73 Å². The van der Waals surface area contributed by atoms with Gasteiger partial charge in [-0.1, -0.05) is 25.2 Å². The quantitative estimate of drug-likeness (QED) is 0.467. The molecule has 0 aromatic rings. The molecule has 0 radical (unpaired) electrons. The Hall–Kier alpha value is -0.920. The van der Waals surface area contributed by atoms with Gasteiger partial charge in [0.25, 0.3) is 0 Å². The zero-order valence-corrected chi connectivity index (χ0v) is 7.48. The van der Waals surface area contributed by atoms with Crippen molar-refractivity contribution in [1.82, 2.24) is 5.32 Å². The van der Waals surface area contributed by atoms with E-state index in [1.165, 1.54) is 5.57 Å². The van der Waals surface area contributed by atoms with Crippen molar-refractivity contribution in [3.8, 4) is 0 Å². The number of rotatable bonds is 5. The van der Waals surface area contributed by atoms with Crippen molar-refractivity contribution < 1.29 is 0 Å². The number of nitrogens with two attached hydrogens (primary N) is 1. The lowest BCUT2D eigenvalue weighted by atomic mass is 10.2. The van der Waals surface area contributed by atoms with Gasteiger partial charge in [-0.3, -0.25) is 0 Å². The third kappa shape index (κ3) is 6.97. The van der Waals surface area contributed by atoms with Crippen molar-refractivity contribution in [2.45, 2.75) is 26.7 Å². The number of nitrogens with one attached hydrogen (secondary N) is 1. The normalized spacial score (nSPS) is 11.3. The van der Waals surface area contributed by atoms with Crippen LogP contribution in [-0.2, 0) is 0 Å². The lowest BCUT2D eigenvalue weighted by Gasteiger charge is -2.01. The van der Waals surface area contributed by atoms with Crippen LogP contribution in [0.5, 0.6) is 0 Å². The molecule has 0 fully saturated rings. The minimum Gasteiger partial charge on any atom is -0.386 e. The molecule has 0 saturated carbocycles. The molecule has 2 heteroatoms. The van der Waals surface area contributed by atoms with Gasteiger partial charge < -0.3 is 11.1 Å². The minimum absolute atomic E-state index is 0.549. The standard InChI is InChI=1S/C9H18N2/c1-4-8(2)6-5-7-11-9(3)10/h6,11H,3-5,7,10H2,1-2H3/b8-6-. The molecule has 3 N–H and O–H groups in total. The molecule has 11 heavy (non-hydrogen) atoms. The summed E-state index contributed by atoms with van der Waals surface area (Å²) in [6, 6.07) is 0. The van der Waals surface area contributed by atoms with Gasteiger partial charge in [-0.25, -0.2) is 0 Å². The summed E-state index contributed by atoms with van der Waals surface area (Å²) in [7, 11) is 0. The smallest absolute Gasteiger partial charge is 0.0885 e.